The predicted octanol–water partition coefficient (Wildman–Crippen LogP) is 0.239. The molecule has 0 fully saturated rings. The van der Waals surface area contributed by atoms with E-state index in [2.05, 4.69) is 20.6 Å². The van der Waals surface area contributed by atoms with Crippen LogP contribution in [0.25, 0.3) is 0 Å². The minimum absolute atomic E-state index is 0.0571. The minimum atomic E-state index is -0.283. The van der Waals surface area contributed by atoms with E-state index in [9.17, 15) is 4.79 Å². The zero-order chi connectivity index (χ0) is 11.7. The van der Waals surface area contributed by atoms with Crippen molar-refractivity contribution in [3.8, 4) is 5.75 Å². The Morgan fingerprint density at radius 2 is 2.29 bits per heavy atom. The van der Waals surface area contributed by atoms with Crippen molar-refractivity contribution in [2.75, 3.05) is 18.1 Å². The number of anilines is 1. The van der Waals surface area contributed by atoms with Crippen LogP contribution in [0.1, 0.15) is 10.6 Å². The molecule has 0 radical (unpaired) electrons. The molecular formula is C10H9N5O2. The molecule has 0 bridgehead atoms. The van der Waals surface area contributed by atoms with Gasteiger partial charge in [-0.15, -0.1) is 10.2 Å². The predicted molar refractivity (Wildman–Crippen MR) is 57.8 cm³/mol. The third kappa shape index (κ3) is 1.61. The zero-order valence-electron chi connectivity index (χ0n) is 8.83. The Bertz CT molecular complexity index is 539. The van der Waals surface area contributed by atoms with Crippen LogP contribution in [-0.4, -0.2) is 39.7 Å². The molecule has 0 saturated carbocycles. The van der Waals surface area contributed by atoms with Crippen LogP contribution in [0.15, 0.2) is 24.3 Å². The van der Waals surface area contributed by atoms with E-state index in [1.54, 1.807) is 4.90 Å². The van der Waals surface area contributed by atoms with Crippen LogP contribution in [0.2, 0.25) is 0 Å². The number of tetrazole rings is 1. The molecule has 0 aliphatic carbocycles. The largest absolute Gasteiger partial charge is 0.490 e. The Balaban J connectivity index is 1.98. The lowest BCUT2D eigenvalue weighted by Gasteiger charge is -2.28. The summed E-state index contributed by atoms with van der Waals surface area (Å²) in [5.41, 5.74) is 0.730. The standard InChI is InChI=1S/C10H9N5O2/c16-10(9-11-13-14-12-9)15-5-6-17-8-4-2-1-3-7(8)15/h1-4H,5-6H2,(H,11,12,13,14). The summed E-state index contributed by atoms with van der Waals surface area (Å²) in [5.74, 6) is 0.465. The first-order valence-electron chi connectivity index (χ1n) is 5.13. The van der Waals surface area contributed by atoms with E-state index in [0.717, 1.165) is 5.69 Å². The summed E-state index contributed by atoms with van der Waals surface area (Å²) in [6.45, 7) is 0.936. The summed E-state index contributed by atoms with van der Waals surface area (Å²) in [4.78, 5) is 13.7. The van der Waals surface area contributed by atoms with Gasteiger partial charge in [0.1, 0.15) is 12.4 Å². The number of rotatable bonds is 1. The van der Waals surface area contributed by atoms with Crippen molar-refractivity contribution >= 4 is 11.6 Å². The molecule has 0 unspecified atom stereocenters. The van der Waals surface area contributed by atoms with E-state index >= 15 is 0 Å². The first kappa shape index (κ1) is 9.76. The molecule has 1 aromatic carbocycles. The molecule has 1 aromatic heterocycles. The van der Waals surface area contributed by atoms with E-state index in [4.69, 9.17) is 4.74 Å². The summed E-state index contributed by atoms with van der Waals surface area (Å²) in [5, 5.41) is 13.0. The third-order valence-electron chi connectivity index (χ3n) is 2.51. The number of nitrogens with zero attached hydrogens (tertiary/aromatic N) is 4. The summed E-state index contributed by atoms with van der Waals surface area (Å²) in [7, 11) is 0. The highest BCUT2D eigenvalue weighted by Gasteiger charge is 2.26. The molecule has 1 amide bonds. The van der Waals surface area contributed by atoms with Gasteiger partial charge in [0.15, 0.2) is 0 Å². The second kappa shape index (κ2) is 3.85. The molecule has 7 nitrogen and oxygen atoms in total. The fourth-order valence-electron chi connectivity index (χ4n) is 1.75. The number of hydrogen-bond acceptors (Lipinski definition) is 5. The van der Waals surface area contributed by atoms with Gasteiger partial charge in [0, 0.05) is 0 Å². The molecule has 1 aliphatic rings. The van der Waals surface area contributed by atoms with Crippen molar-refractivity contribution in [2.45, 2.75) is 0 Å². The number of nitrogens with one attached hydrogen (secondary N) is 1. The van der Waals surface area contributed by atoms with Gasteiger partial charge in [0.2, 0.25) is 0 Å². The summed E-state index contributed by atoms with van der Waals surface area (Å²) in [6, 6.07) is 7.36. The van der Waals surface area contributed by atoms with Crippen molar-refractivity contribution in [1.29, 1.82) is 0 Å². The van der Waals surface area contributed by atoms with Crippen LogP contribution >= 0.6 is 0 Å². The Morgan fingerprint density at radius 1 is 1.41 bits per heavy atom. The van der Waals surface area contributed by atoms with E-state index in [1.807, 2.05) is 24.3 Å². The molecule has 86 valence electrons. The number of para-hydroxylation sites is 2. The topological polar surface area (TPSA) is 84.0 Å². The Labute approximate surface area is 96.4 Å². The van der Waals surface area contributed by atoms with E-state index in [-0.39, 0.29) is 11.7 Å². The number of aromatic nitrogens is 4. The Morgan fingerprint density at radius 3 is 3.12 bits per heavy atom. The van der Waals surface area contributed by atoms with Crippen molar-refractivity contribution in [2.24, 2.45) is 0 Å². The zero-order valence-corrected chi connectivity index (χ0v) is 8.83. The molecule has 3 rings (SSSR count). The number of H-pyrrole nitrogens is 1. The van der Waals surface area contributed by atoms with Crippen LogP contribution in [0, 0.1) is 0 Å². The summed E-state index contributed by atoms with van der Waals surface area (Å²) < 4.78 is 5.46. The maximum atomic E-state index is 12.1. The fraction of sp³-hybridized carbons (Fsp3) is 0.200. The van der Waals surface area contributed by atoms with Crippen LogP contribution in [0.3, 0.4) is 0 Å². The number of ether oxygens (including phenoxy) is 1. The van der Waals surface area contributed by atoms with E-state index in [1.165, 1.54) is 0 Å². The van der Waals surface area contributed by atoms with Crippen molar-refractivity contribution < 1.29 is 9.53 Å². The highest BCUT2D eigenvalue weighted by atomic mass is 16.5. The molecule has 1 N–H and O–H groups in total. The van der Waals surface area contributed by atoms with Crippen molar-refractivity contribution in [3.05, 3.63) is 30.1 Å². The van der Waals surface area contributed by atoms with Crippen LogP contribution in [-0.2, 0) is 0 Å². The van der Waals surface area contributed by atoms with Crippen LogP contribution in [0.5, 0.6) is 5.75 Å². The smallest absolute Gasteiger partial charge is 0.300 e. The lowest BCUT2D eigenvalue weighted by Crippen LogP contribution is -2.38. The highest BCUT2D eigenvalue weighted by Crippen LogP contribution is 2.31. The summed E-state index contributed by atoms with van der Waals surface area (Å²) in [6.07, 6.45) is 0. The van der Waals surface area contributed by atoms with Gasteiger partial charge in [-0.3, -0.25) is 9.69 Å². The molecule has 1 aliphatic heterocycles. The van der Waals surface area contributed by atoms with Crippen molar-refractivity contribution in [3.63, 3.8) is 0 Å². The maximum Gasteiger partial charge on any atom is 0.300 e. The third-order valence-corrected chi connectivity index (χ3v) is 2.51. The molecular weight excluding hydrogens is 222 g/mol. The number of benzene rings is 1. The van der Waals surface area contributed by atoms with Crippen LogP contribution in [0.4, 0.5) is 5.69 Å². The SMILES string of the molecule is O=C(c1nn[nH]n1)N1CCOc2ccccc21. The lowest BCUT2D eigenvalue weighted by atomic mass is 10.2. The first-order chi connectivity index (χ1) is 8.36. The van der Waals surface area contributed by atoms with Gasteiger partial charge in [-0.1, -0.05) is 12.1 Å². The molecule has 17 heavy (non-hydrogen) atoms. The van der Waals surface area contributed by atoms with Gasteiger partial charge in [-0.25, -0.2) is 0 Å². The second-order valence-electron chi connectivity index (χ2n) is 3.51. The number of carbonyl (C=O) groups excluding carboxylic acids is 1. The van der Waals surface area contributed by atoms with Crippen LogP contribution < -0.4 is 9.64 Å². The number of hydrogen-bond donors (Lipinski definition) is 1. The molecule has 0 saturated heterocycles. The van der Waals surface area contributed by atoms with E-state index < -0.39 is 0 Å². The van der Waals surface area contributed by atoms with Gasteiger partial charge in [-0.05, 0) is 17.3 Å². The number of amides is 1. The minimum Gasteiger partial charge on any atom is -0.490 e. The quantitative estimate of drug-likeness (QED) is 0.759. The van der Waals surface area contributed by atoms with Gasteiger partial charge in [0.05, 0.1) is 12.2 Å². The first-order valence-corrected chi connectivity index (χ1v) is 5.13. The van der Waals surface area contributed by atoms with Gasteiger partial charge in [0.25, 0.3) is 11.7 Å². The molecule has 0 atom stereocenters. The normalized spacial score (nSPS) is 14.0. The van der Waals surface area contributed by atoms with Crippen molar-refractivity contribution in [1.82, 2.24) is 20.6 Å². The van der Waals surface area contributed by atoms with Gasteiger partial charge < -0.3 is 4.74 Å². The Kier molecular flexibility index (Phi) is 2.21. The number of carbonyl (C=O) groups is 1. The average Bonchev–Trinajstić information content (AvgIpc) is 2.91. The Hall–Kier alpha value is -2.44. The lowest BCUT2D eigenvalue weighted by molar-refractivity contribution is 0.0966. The van der Waals surface area contributed by atoms with Gasteiger partial charge >= 0.3 is 0 Å². The van der Waals surface area contributed by atoms with E-state index in [0.29, 0.717) is 18.9 Å². The molecule has 2 aromatic rings. The number of aromatic amines is 1. The second-order valence-corrected chi connectivity index (χ2v) is 3.51. The molecule has 7 heteroatoms. The molecule has 2 heterocycles. The number of fused-ring (bicyclic) bond motifs is 1. The fourth-order valence-corrected chi connectivity index (χ4v) is 1.75. The molecule has 0 spiro atoms. The summed E-state index contributed by atoms with van der Waals surface area (Å²) >= 11 is 0. The van der Waals surface area contributed by atoms with Gasteiger partial charge in [-0.2, -0.15) is 5.21 Å². The average molecular weight is 231 g/mol. The monoisotopic (exact) mass is 231 g/mol. The maximum absolute atomic E-state index is 12.1. The highest BCUT2D eigenvalue weighted by molar-refractivity contribution is 6.04.